The number of amides is 1. The van der Waals surface area contributed by atoms with Gasteiger partial charge in [0, 0.05) is 22.6 Å². The van der Waals surface area contributed by atoms with Gasteiger partial charge in [0.15, 0.2) is 0 Å². The second-order valence-corrected chi connectivity index (χ2v) is 5.51. The fraction of sp³-hybridized carbons (Fsp3) is 0.500. The van der Waals surface area contributed by atoms with Crippen LogP contribution in [-0.4, -0.2) is 18.5 Å². The molecule has 0 saturated carbocycles. The van der Waals surface area contributed by atoms with Gasteiger partial charge < -0.3 is 10.6 Å². The quantitative estimate of drug-likeness (QED) is 0.806. The Hall–Kier alpha value is -0.940. The first kappa shape index (κ1) is 16.1. The van der Waals surface area contributed by atoms with E-state index in [0.29, 0.717) is 12.1 Å². The summed E-state index contributed by atoms with van der Waals surface area (Å²) in [5.41, 5.74) is 0.545. The van der Waals surface area contributed by atoms with Gasteiger partial charge in [-0.3, -0.25) is 4.79 Å². The zero-order chi connectivity index (χ0) is 14.3. The molecule has 0 fully saturated rings. The van der Waals surface area contributed by atoms with Crippen LogP contribution >= 0.6 is 15.9 Å². The van der Waals surface area contributed by atoms with Gasteiger partial charge in [-0.25, -0.2) is 4.39 Å². The minimum atomic E-state index is -0.268. The average molecular weight is 331 g/mol. The molecule has 19 heavy (non-hydrogen) atoms. The zero-order valence-corrected chi connectivity index (χ0v) is 12.9. The molecular formula is C14H20BrFN2O. The fourth-order valence-corrected chi connectivity index (χ4v) is 2.23. The Morgan fingerprint density at radius 2 is 2.21 bits per heavy atom. The second kappa shape index (κ2) is 8.27. The van der Waals surface area contributed by atoms with Crippen molar-refractivity contribution in [3.8, 4) is 0 Å². The Bertz CT molecular complexity index is 426. The van der Waals surface area contributed by atoms with Gasteiger partial charge in [-0.1, -0.05) is 29.3 Å². The maximum absolute atomic E-state index is 13.4. The van der Waals surface area contributed by atoms with Crippen molar-refractivity contribution in [2.24, 2.45) is 0 Å². The number of hydrogen-bond donors (Lipinski definition) is 2. The Balaban J connectivity index is 2.33. The van der Waals surface area contributed by atoms with E-state index in [2.05, 4.69) is 33.5 Å². The molecule has 0 aliphatic rings. The van der Waals surface area contributed by atoms with Crippen LogP contribution in [0.1, 0.15) is 32.3 Å². The highest BCUT2D eigenvalue weighted by molar-refractivity contribution is 9.10. The first-order valence-electron chi connectivity index (χ1n) is 6.47. The Morgan fingerprint density at radius 3 is 2.89 bits per heavy atom. The summed E-state index contributed by atoms with van der Waals surface area (Å²) in [5.74, 6) is -0.327. The summed E-state index contributed by atoms with van der Waals surface area (Å²) >= 11 is 3.29. The largest absolute Gasteiger partial charge is 0.353 e. The number of halogens is 2. The van der Waals surface area contributed by atoms with Crippen molar-refractivity contribution in [1.82, 2.24) is 10.6 Å². The van der Waals surface area contributed by atoms with E-state index in [1.54, 1.807) is 12.1 Å². The van der Waals surface area contributed by atoms with E-state index in [-0.39, 0.29) is 24.3 Å². The van der Waals surface area contributed by atoms with E-state index in [1.807, 2.05) is 6.92 Å². The van der Waals surface area contributed by atoms with Gasteiger partial charge in [0.05, 0.1) is 6.54 Å². The van der Waals surface area contributed by atoms with E-state index < -0.39 is 0 Å². The lowest BCUT2D eigenvalue weighted by atomic mass is 10.2. The summed E-state index contributed by atoms with van der Waals surface area (Å²) in [5, 5.41) is 5.83. The molecule has 0 radical (unpaired) electrons. The molecule has 0 aliphatic heterocycles. The van der Waals surface area contributed by atoms with Gasteiger partial charge in [-0.2, -0.15) is 0 Å². The molecule has 3 nitrogen and oxygen atoms in total. The van der Waals surface area contributed by atoms with E-state index in [1.165, 1.54) is 6.07 Å². The summed E-state index contributed by atoms with van der Waals surface area (Å²) in [6.07, 6.45) is 2.00. The third kappa shape index (κ3) is 6.16. The van der Waals surface area contributed by atoms with E-state index >= 15 is 0 Å². The molecule has 0 spiro atoms. The molecule has 1 amide bonds. The van der Waals surface area contributed by atoms with Crippen LogP contribution in [0.4, 0.5) is 4.39 Å². The smallest absolute Gasteiger partial charge is 0.234 e. The van der Waals surface area contributed by atoms with Crippen LogP contribution in [0.2, 0.25) is 0 Å². The van der Waals surface area contributed by atoms with E-state index in [0.717, 1.165) is 17.3 Å². The number of nitrogens with one attached hydrogen (secondary N) is 2. The molecule has 2 N–H and O–H groups in total. The Morgan fingerprint density at radius 1 is 1.47 bits per heavy atom. The standard InChI is InChI=1S/C14H20BrFN2O/c1-3-4-10(2)18-14(19)9-17-8-11-7-12(15)5-6-13(11)16/h5-7,10,17H,3-4,8-9H2,1-2H3,(H,18,19). The van der Waals surface area contributed by atoms with Crippen LogP contribution in [-0.2, 0) is 11.3 Å². The summed E-state index contributed by atoms with van der Waals surface area (Å²) in [4.78, 5) is 11.6. The predicted octanol–water partition coefficient (Wildman–Crippen LogP) is 2.98. The first-order chi connectivity index (χ1) is 9.02. The SMILES string of the molecule is CCCC(C)NC(=O)CNCc1cc(Br)ccc1F. The topological polar surface area (TPSA) is 41.1 Å². The van der Waals surface area contributed by atoms with E-state index in [9.17, 15) is 9.18 Å². The van der Waals surface area contributed by atoms with Crippen molar-refractivity contribution in [2.45, 2.75) is 39.3 Å². The summed E-state index contributed by atoms with van der Waals surface area (Å²) in [6.45, 7) is 4.59. The van der Waals surface area contributed by atoms with Crippen LogP contribution in [0.3, 0.4) is 0 Å². The molecule has 0 aliphatic carbocycles. The molecule has 0 aromatic heterocycles. The Kier molecular flexibility index (Phi) is 7.02. The number of rotatable bonds is 7. The monoisotopic (exact) mass is 330 g/mol. The lowest BCUT2D eigenvalue weighted by molar-refractivity contribution is -0.120. The highest BCUT2D eigenvalue weighted by Crippen LogP contribution is 2.15. The molecule has 5 heteroatoms. The fourth-order valence-electron chi connectivity index (χ4n) is 1.82. The molecule has 0 bridgehead atoms. The van der Waals surface area contributed by atoms with Crippen LogP contribution in [0, 0.1) is 5.82 Å². The summed E-state index contributed by atoms with van der Waals surface area (Å²) < 4.78 is 14.3. The molecule has 106 valence electrons. The van der Waals surface area contributed by atoms with Crippen LogP contribution in [0.5, 0.6) is 0 Å². The molecule has 1 aromatic carbocycles. The lowest BCUT2D eigenvalue weighted by Crippen LogP contribution is -2.38. The predicted molar refractivity (Wildman–Crippen MR) is 78.3 cm³/mol. The van der Waals surface area contributed by atoms with Crippen molar-refractivity contribution in [3.63, 3.8) is 0 Å². The van der Waals surface area contributed by atoms with Crippen molar-refractivity contribution in [1.29, 1.82) is 0 Å². The van der Waals surface area contributed by atoms with Gasteiger partial charge in [0.2, 0.25) is 5.91 Å². The lowest BCUT2D eigenvalue weighted by Gasteiger charge is -2.13. The van der Waals surface area contributed by atoms with Crippen molar-refractivity contribution in [3.05, 3.63) is 34.1 Å². The maximum atomic E-state index is 13.4. The molecule has 1 unspecified atom stereocenters. The Labute approximate surface area is 122 Å². The second-order valence-electron chi connectivity index (χ2n) is 4.60. The normalized spacial score (nSPS) is 12.2. The van der Waals surface area contributed by atoms with Gasteiger partial charge in [0.25, 0.3) is 0 Å². The van der Waals surface area contributed by atoms with Crippen LogP contribution in [0.25, 0.3) is 0 Å². The maximum Gasteiger partial charge on any atom is 0.234 e. The van der Waals surface area contributed by atoms with Crippen molar-refractivity contribution >= 4 is 21.8 Å². The molecular weight excluding hydrogens is 311 g/mol. The van der Waals surface area contributed by atoms with Crippen LogP contribution in [0.15, 0.2) is 22.7 Å². The number of benzene rings is 1. The van der Waals surface area contributed by atoms with Crippen LogP contribution < -0.4 is 10.6 Å². The average Bonchev–Trinajstić information content (AvgIpc) is 2.33. The zero-order valence-electron chi connectivity index (χ0n) is 11.3. The van der Waals surface area contributed by atoms with Crippen molar-refractivity contribution < 1.29 is 9.18 Å². The third-order valence-electron chi connectivity index (χ3n) is 2.74. The molecule has 1 atom stereocenters. The highest BCUT2D eigenvalue weighted by Gasteiger charge is 2.07. The van der Waals surface area contributed by atoms with Gasteiger partial charge >= 0.3 is 0 Å². The molecule has 0 saturated heterocycles. The first-order valence-corrected chi connectivity index (χ1v) is 7.26. The van der Waals surface area contributed by atoms with Crippen molar-refractivity contribution in [2.75, 3.05) is 6.54 Å². The third-order valence-corrected chi connectivity index (χ3v) is 3.23. The number of carbonyl (C=O) groups excluding carboxylic acids is 1. The van der Waals surface area contributed by atoms with E-state index in [4.69, 9.17) is 0 Å². The minimum absolute atomic E-state index is 0.0589. The molecule has 1 rings (SSSR count). The highest BCUT2D eigenvalue weighted by atomic mass is 79.9. The van der Waals surface area contributed by atoms with Gasteiger partial charge in [0.1, 0.15) is 5.82 Å². The minimum Gasteiger partial charge on any atom is -0.353 e. The van der Waals surface area contributed by atoms with Gasteiger partial charge in [-0.15, -0.1) is 0 Å². The number of carbonyl (C=O) groups is 1. The molecule has 0 heterocycles. The van der Waals surface area contributed by atoms with Gasteiger partial charge in [-0.05, 0) is 31.5 Å². The molecule has 1 aromatic rings. The summed E-state index contributed by atoms with van der Waals surface area (Å²) in [7, 11) is 0. The summed E-state index contributed by atoms with van der Waals surface area (Å²) in [6, 6.07) is 4.95. The number of hydrogen-bond acceptors (Lipinski definition) is 2.